The van der Waals surface area contributed by atoms with Gasteiger partial charge in [-0.25, -0.2) is 12.4 Å². The SMILES string of the molecule is Cc1ccc(S(=O)(=O)n2c3ccccc3c3c([Si](C)(C)C)c(CO[Si](C)(C)C(C)(C)C)c(Br)cc32)cc1. The molecule has 3 aromatic carbocycles. The number of benzene rings is 3. The first-order valence-electron chi connectivity index (χ1n) is 12.7. The first-order valence-corrected chi connectivity index (χ1v) is 21.3. The van der Waals surface area contributed by atoms with Crippen molar-refractivity contribution in [2.24, 2.45) is 0 Å². The van der Waals surface area contributed by atoms with Gasteiger partial charge in [0.1, 0.15) is 0 Å². The third kappa shape index (κ3) is 5.03. The van der Waals surface area contributed by atoms with Crippen LogP contribution in [0.15, 0.2) is 64.0 Å². The lowest BCUT2D eigenvalue weighted by atomic mass is 10.1. The Labute approximate surface area is 232 Å². The van der Waals surface area contributed by atoms with Gasteiger partial charge >= 0.3 is 0 Å². The van der Waals surface area contributed by atoms with Crippen molar-refractivity contribution in [3.63, 3.8) is 0 Å². The smallest absolute Gasteiger partial charge is 0.268 e. The molecule has 0 aliphatic carbocycles. The standard InChI is InChI=1S/C29H38BrNO3SSi2/c1-20-14-16-21(17-15-20)35(32,33)31-25-13-11-10-12-22(25)27-26(31)18-24(30)23(28(27)36(5,6)7)19-34-37(8,9)29(2,3)4/h10-18H,19H2,1-9H3. The Kier molecular flexibility index (Phi) is 7.25. The molecule has 0 unspecified atom stereocenters. The van der Waals surface area contributed by atoms with Crippen molar-refractivity contribution in [1.29, 1.82) is 0 Å². The van der Waals surface area contributed by atoms with E-state index in [2.05, 4.69) is 75.5 Å². The average molecular weight is 617 g/mol. The quantitative estimate of drug-likeness (QED) is 0.205. The van der Waals surface area contributed by atoms with Gasteiger partial charge in [0.15, 0.2) is 8.32 Å². The molecule has 0 spiro atoms. The summed E-state index contributed by atoms with van der Waals surface area (Å²) < 4.78 is 37.4. The second kappa shape index (κ2) is 9.48. The molecule has 198 valence electrons. The van der Waals surface area contributed by atoms with E-state index in [0.29, 0.717) is 17.6 Å². The zero-order chi connectivity index (χ0) is 27.6. The maximum Gasteiger partial charge on any atom is 0.268 e. The van der Waals surface area contributed by atoms with Crippen LogP contribution in [-0.4, -0.2) is 28.8 Å². The minimum Gasteiger partial charge on any atom is -0.413 e. The van der Waals surface area contributed by atoms with Gasteiger partial charge in [0.2, 0.25) is 0 Å². The number of rotatable bonds is 6. The lowest BCUT2D eigenvalue weighted by molar-refractivity contribution is 0.276. The van der Waals surface area contributed by atoms with Gasteiger partial charge in [-0.2, -0.15) is 0 Å². The number of hydrogen-bond acceptors (Lipinski definition) is 3. The molecule has 8 heteroatoms. The van der Waals surface area contributed by atoms with Crippen LogP contribution in [0.3, 0.4) is 0 Å². The third-order valence-electron chi connectivity index (χ3n) is 7.66. The van der Waals surface area contributed by atoms with Crippen molar-refractivity contribution in [3.8, 4) is 0 Å². The monoisotopic (exact) mass is 615 g/mol. The van der Waals surface area contributed by atoms with E-state index >= 15 is 0 Å². The summed E-state index contributed by atoms with van der Waals surface area (Å²) in [6, 6.07) is 16.9. The summed E-state index contributed by atoms with van der Waals surface area (Å²) in [4.78, 5) is 0.289. The summed E-state index contributed by atoms with van der Waals surface area (Å²) in [5.41, 5.74) is 3.58. The Morgan fingerprint density at radius 1 is 0.919 bits per heavy atom. The fourth-order valence-electron chi connectivity index (χ4n) is 4.61. The van der Waals surface area contributed by atoms with Crippen molar-refractivity contribution >= 4 is 69.3 Å². The highest BCUT2D eigenvalue weighted by Crippen LogP contribution is 2.39. The minimum absolute atomic E-state index is 0.0983. The Balaban J connectivity index is 2.08. The van der Waals surface area contributed by atoms with Crippen LogP contribution in [0.5, 0.6) is 0 Å². The molecule has 0 bridgehead atoms. The van der Waals surface area contributed by atoms with Gasteiger partial charge in [-0.3, -0.25) is 0 Å². The maximum absolute atomic E-state index is 14.1. The predicted molar refractivity (Wildman–Crippen MR) is 166 cm³/mol. The van der Waals surface area contributed by atoms with Gasteiger partial charge < -0.3 is 4.43 Å². The van der Waals surface area contributed by atoms with Gasteiger partial charge in [0.25, 0.3) is 10.0 Å². The summed E-state index contributed by atoms with van der Waals surface area (Å²) in [6.07, 6.45) is 0. The fraction of sp³-hybridized carbons (Fsp3) is 0.379. The summed E-state index contributed by atoms with van der Waals surface area (Å²) >= 11 is 3.85. The van der Waals surface area contributed by atoms with Crippen LogP contribution < -0.4 is 5.19 Å². The van der Waals surface area contributed by atoms with E-state index in [1.807, 2.05) is 43.3 Å². The highest BCUT2D eigenvalue weighted by molar-refractivity contribution is 9.10. The van der Waals surface area contributed by atoms with Crippen LogP contribution in [0.1, 0.15) is 31.9 Å². The topological polar surface area (TPSA) is 48.3 Å². The van der Waals surface area contributed by atoms with E-state index in [4.69, 9.17) is 4.43 Å². The van der Waals surface area contributed by atoms with Gasteiger partial charge in [-0.15, -0.1) is 0 Å². The summed E-state index contributed by atoms with van der Waals surface area (Å²) in [5.74, 6) is 0. The van der Waals surface area contributed by atoms with Crippen molar-refractivity contribution < 1.29 is 12.8 Å². The van der Waals surface area contributed by atoms with E-state index < -0.39 is 26.4 Å². The molecule has 0 saturated heterocycles. The number of nitrogens with zero attached hydrogens (tertiary/aromatic N) is 1. The second-order valence-electron chi connectivity index (χ2n) is 12.5. The number of para-hydroxylation sites is 1. The van der Waals surface area contributed by atoms with Crippen LogP contribution in [0.25, 0.3) is 21.8 Å². The molecule has 1 heterocycles. The number of aryl methyl sites for hydroxylation is 1. The molecule has 0 N–H and O–H groups in total. The molecule has 37 heavy (non-hydrogen) atoms. The molecule has 0 fully saturated rings. The molecule has 0 aliphatic heterocycles. The summed E-state index contributed by atoms with van der Waals surface area (Å²) in [6.45, 7) is 20.7. The minimum atomic E-state index is -3.83. The largest absolute Gasteiger partial charge is 0.413 e. The average Bonchev–Trinajstić information content (AvgIpc) is 3.10. The highest BCUT2D eigenvalue weighted by Gasteiger charge is 2.38. The number of aromatic nitrogens is 1. The first kappa shape index (κ1) is 28.3. The lowest BCUT2D eigenvalue weighted by Gasteiger charge is -2.37. The van der Waals surface area contributed by atoms with E-state index in [0.717, 1.165) is 26.4 Å². The Bertz CT molecular complexity index is 1590. The molecular formula is C29H38BrNO3SSi2. The predicted octanol–water partition coefficient (Wildman–Crippen LogP) is 8.17. The van der Waals surface area contributed by atoms with E-state index in [-0.39, 0.29) is 9.93 Å². The normalized spacial score (nSPS) is 13.6. The summed E-state index contributed by atoms with van der Waals surface area (Å²) in [7, 11) is -7.79. The molecule has 1 aromatic heterocycles. The number of halogens is 1. The van der Waals surface area contributed by atoms with E-state index in [1.165, 1.54) is 9.16 Å². The summed E-state index contributed by atoms with van der Waals surface area (Å²) in [5, 5.41) is 3.35. The Morgan fingerprint density at radius 2 is 1.51 bits per heavy atom. The van der Waals surface area contributed by atoms with Gasteiger partial charge in [0, 0.05) is 15.2 Å². The van der Waals surface area contributed by atoms with E-state index in [1.54, 1.807) is 12.1 Å². The van der Waals surface area contributed by atoms with Gasteiger partial charge in [-0.05, 0) is 60.1 Å². The van der Waals surface area contributed by atoms with Crippen molar-refractivity contribution in [2.45, 2.75) is 77.0 Å². The first-order chi connectivity index (χ1) is 17.0. The van der Waals surface area contributed by atoms with Crippen molar-refractivity contribution in [3.05, 3.63) is 70.2 Å². The molecule has 4 rings (SSSR count). The zero-order valence-corrected chi connectivity index (χ0v) is 27.8. The molecule has 4 aromatic rings. The molecule has 0 aliphatic rings. The molecule has 0 saturated carbocycles. The second-order valence-corrected chi connectivity index (χ2v) is 25.0. The van der Waals surface area contributed by atoms with Crippen LogP contribution in [0.2, 0.25) is 37.8 Å². The Morgan fingerprint density at radius 3 is 2.08 bits per heavy atom. The Hall–Kier alpha value is -1.72. The molecule has 0 radical (unpaired) electrons. The van der Waals surface area contributed by atoms with Gasteiger partial charge in [0.05, 0.1) is 30.6 Å². The van der Waals surface area contributed by atoms with Crippen molar-refractivity contribution in [2.75, 3.05) is 0 Å². The zero-order valence-electron chi connectivity index (χ0n) is 23.4. The van der Waals surface area contributed by atoms with Crippen LogP contribution in [0, 0.1) is 6.92 Å². The van der Waals surface area contributed by atoms with Crippen LogP contribution in [-0.2, 0) is 21.1 Å². The maximum atomic E-state index is 14.1. The highest BCUT2D eigenvalue weighted by atomic mass is 79.9. The number of hydrogen-bond donors (Lipinski definition) is 0. The van der Waals surface area contributed by atoms with Crippen LogP contribution >= 0.6 is 15.9 Å². The van der Waals surface area contributed by atoms with Crippen molar-refractivity contribution in [1.82, 2.24) is 3.97 Å². The molecular weight excluding hydrogens is 578 g/mol. The molecule has 0 amide bonds. The fourth-order valence-corrected chi connectivity index (χ4v) is 9.90. The van der Waals surface area contributed by atoms with Crippen LogP contribution in [0.4, 0.5) is 0 Å². The lowest BCUT2D eigenvalue weighted by Crippen LogP contribution is -2.44. The third-order valence-corrected chi connectivity index (χ3v) is 16.6. The van der Waals surface area contributed by atoms with Gasteiger partial charge in [-0.1, -0.05) is 92.2 Å². The van der Waals surface area contributed by atoms with E-state index in [9.17, 15) is 8.42 Å². The molecule has 4 nitrogen and oxygen atoms in total. The molecule has 0 atom stereocenters. The number of fused-ring (bicyclic) bond motifs is 3.